The molecular weight excluding hydrogens is 302 g/mol. The second-order valence-corrected chi connectivity index (χ2v) is 6.92. The number of fused-ring (bicyclic) bond motifs is 1. The van der Waals surface area contributed by atoms with Crippen molar-refractivity contribution in [1.82, 2.24) is 0 Å². The SMILES string of the molecule is C[C@@H](Sc1ccc2ccccc2c1)C(=O)N(C)c1ccccc1. The summed E-state index contributed by atoms with van der Waals surface area (Å²) in [5.74, 6) is 0.106. The first kappa shape index (κ1) is 15.6. The zero-order valence-electron chi connectivity index (χ0n) is 13.3. The molecule has 0 aliphatic carbocycles. The summed E-state index contributed by atoms with van der Waals surface area (Å²) < 4.78 is 0. The summed E-state index contributed by atoms with van der Waals surface area (Å²) in [7, 11) is 1.83. The highest BCUT2D eigenvalue weighted by Crippen LogP contribution is 2.28. The molecule has 0 saturated heterocycles. The monoisotopic (exact) mass is 321 g/mol. The molecule has 0 heterocycles. The standard InChI is InChI=1S/C20H19NOS/c1-15(20(22)21(2)18-10-4-3-5-11-18)23-19-13-12-16-8-6-7-9-17(16)14-19/h3-15H,1-2H3/t15-/m1/s1. The molecule has 0 aliphatic rings. The fourth-order valence-corrected chi connectivity index (χ4v) is 3.56. The van der Waals surface area contributed by atoms with Crippen molar-refractivity contribution in [2.24, 2.45) is 0 Å². The minimum Gasteiger partial charge on any atom is -0.315 e. The fourth-order valence-electron chi connectivity index (χ4n) is 2.55. The van der Waals surface area contributed by atoms with E-state index in [0.29, 0.717) is 0 Å². The molecule has 0 bridgehead atoms. The number of amides is 1. The predicted molar refractivity (Wildman–Crippen MR) is 99.1 cm³/mol. The Morgan fingerprint density at radius 1 is 0.913 bits per heavy atom. The van der Waals surface area contributed by atoms with Crippen molar-refractivity contribution in [2.75, 3.05) is 11.9 Å². The number of anilines is 1. The lowest BCUT2D eigenvalue weighted by Gasteiger charge is -2.21. The van der Waals surface area contributed by atoms with Gasteiger partial charge < -0.3 is 4.90 Å². The highest BCUT2D eigenvalue weighted by atomic mass is 32.2. The predicted octanol–water partition coefficient (Wildman–Crippen LogP) is 4.98. The molecule has 116 valence electrons. The molecule has 23 heavy (non-hydrogen) atoms. The maximum absolute atomic E-state index is 12.6. The number of para-hydroxylation sites is 1. The molecule has 0 fully saturated rings. The molecule has 0 saturated carbocycles. The first-order valence-electron chi connectivity index (χ1n) is 7.63. The molecule has 0 N–H and O–H groups in total. The van der Waals surface area contributed by atoms with Crippen molar-refractivity contribution >= 4 is 34.1 Å². The van der Waals surface area contributed by atoms with Crippen LogP contribution >= 0.6 is 11.8 Å². The van der Waals surface area contributed by atoms with Gasteiger partial charge in [0.1, 0.15) is 0 Å². The zero-order chi connectivity index (χ0) is 16.2. The highest BCUT2D eigenvalue weighted by Gasteiger charge is 2.19. The van der Waals surface area contributed by atoms with E-state index in [2.05, 4.69) is 30.3 Å². The number of carbonyl (C=O) groups excluding carboxylic acids is 1. The lowest BCUT2D eigenvalue weighted by molar-refractivity contribution is -0.117. The van der Waals surface area contributed by atoms with Gasteiger partial charge >= 0.3 is 0 Å². The number of hydrogen-bond acceptors (Lipinski definition) is 2. The number of rotatable bonds is 4. The van der Waals surface area contributed by atoms with Crippen LogP contribution in [0.2, 0.25) is 0 Å². The van der Waals surface area contributed by atoms with E-state index in [1.54, 1.807) is 16.7 Å². The van der Waals surface area contributed by atoms with Crippen LogP contribution in [0.1, 0.15) is 6.92 Å². The van der Waals surface area contributed by atoms with E-state index in [4.69, 9.17) is 0 Å². The molecular formula is C20H19NOS. The van der Waals surface area contributed by atoms with Crippen molar-refractivity contribution in [3.8, 4) is 0 Å². The largest absolute Gasteiger partial charge is 0.315 e. The van der Waals surface area contributed by atoms with Crippen LogP contribution in [-0.2, 0) is 4.79 Å². The van der Waals surface area contributed by atoms with E-state index in [-0.39, 0.29) is 11.2 Å². The molecule has 0 spiro atoms. The normalized spacial score (nSPS) is 12.1. The number of benzene rings is 3. The van der Waals surface area contributed by atoms with Crippen LogP contribution in [0.25, 0.3) is 10.8 Å². The molecule has 3 heteroatoms. The summed E-state index contributed by atoms with van der Waals surface area (Å²) >= 11 is 1.60. The Hall–Kier alpha value is -2.26. The van der Waals surface area contributed by atoms with Crippen LogP contribution < -0.4 is 4.90 Å². The summed E-state index contributed by atoms with van der Waals surface area (Å²) in [4.78, 5) is 15.5. The summed E-state index contributed by atoms with van der Waals surface area (Å²) in [5.41, 5.74) is 0.920. The Kier molecular flexibility index (Phi) is 4.68. The quantitative estimate of drug-likeness (QED) is 0.631. The Morgan fingerprint density at radius 2 is 1.57 bits per heavy atom. The third kappa shape index (κ3) is 3.57. The van der Waals surface area contributed by atoms with Crippen LogP contribution in [0.3, 0.4) is 0 Å². The lowest BCUT2D eigenvalue weighted by atomic mass is 10.1. The summed E-state index contributed by atoms with van der Waals surface area (Å²) in [6.07, 6.45) is 0. The second-order valence-electron chi connectivity index (χ2n) is 5.50. The van der Waals surface area contributed by atoms with E-state index in [1.807, 2.05) is 56.4 Å². The smallest absolute Gasteiger partial charge is 0.239 e. The number of thioether (sulfide) groups is 1. The van der Waals surface area contributed by atoms with Crippen molar-refractivity contribution in [2.45, 2.75) is 17.1 Å². The first-order valence-corrected chi connectivity index (χ1v) is 8.51. The van der Waals surface area contributed by atoms with Crippen LogP contribution in [0.5, 0.6) is 0 Å². The van der Waals surface area contributed by atoms with E-state index in [1.165, 1.54) is 10.8 Å². The number of nitrogens with zero attached hydrogens (tertiary/aromatic N) is 1. The minimum absolute atomic E-state index is 0.106. The third-order valence-electron chi connectivity index (χ3n) is 3.86. The molecule has 3 aromatic rings. The van der Waals surface area contributed by atoms with Gasteiger partial charge in [0.2, 0.25) is 5.91 Å². The van der Waals surface area contributed by atoms with E-state index < -0.39 is 0 Å². The van der Waals surface area contributed by atoms with Gasteiger partial charge in [0.15, 0.2) is 0 Å². The highest BCUT2D eigenvalue weighted by molar-refractivity contribution is 8.00. The number of carbonyl (C=O) groups is 1. The average Bonchev–Trinajstić information content (AvgIpc) is 2.61. The van der Waals surface area contributed by atoms with Gasteiger partial charge in [-0.25, -0.2) is 0 Å². The molecule has 3 rings (SSSR count). The molecule has 1 atom stereocenters. The van der Waals surface area contributed by atoms with Crippen LogP contribution in [0, 0.1) is 0 Å². The van der Waals surface area contributed by atoms with Gasteiger partial charge in [0, 0.05) is 17.6 Å². The van der Waals surface area contributed by atoms with E-state index >= 15 is 0 Å². The van der Waals surface area contributed by atoms with Crippen molar-refractivity contribution in [1.29, 1.82) is 0 Å². The maximum Gasteiger partial charge on any atom is 0.239 e. The van der Waals surface area contributed by atoms with Gasteiger partial charge in [-0.1, -0.05) is 48.5 Å². The van der Waals surface area contributed by atoms with E-state index in [9.17, 15) is 4.79 Å². The molecule has 0 unspecified atom stereocenters. The Bertz CT molecular complexity index is 816. The molecule has 3 aromatic carbocycles. The zero-order valence-corrected chi connectivity index (χ0v) is 14.1. The van der Waals surface area contributed by atoms with Gasteiger partial charge in [-0.15, -0.1) is 11.8 Å². The topological polar surface area (TPSA) is 20.3 Å². The van der Waals surface area contributed by atoms with Gasteiger partial charge in [0.25, 0.3) is 0 Å². The average molecular weight is 321 g/mol. The summed E-state index contributed by atoms with van der Waals surface area (Å²) in [6, 6.07) is 24.3. The van der Waals surface area contributed by atoms with Crippen molar-refractivity contribution in [3.05, 3.63) is 72.8 Å². The third-order valence-corrected chi connectivity index (χ3v) is 4.94. The Labute approximate surface area is 141 Å². The van der Waals surface area contributed by atoms with Crippen LogP contribution in [-0.4, -0.2) is 18.2 Å². The fraction of sp³-hybridized carbons (Fsp3) is 0.150. The first-order chi connectivity index (χ1) is 11.1. The molecule has 0 aliphatic heterocycles. The molecule has 2 nitrogen and oxygen atoms in total. The van der Waals surface area contributed by atoms with Gasteiger partial charge in [0.05, 0.1) is 5.25 Å². The van der Waals surface area contributed by atoms with Crippen molar-refractivity contribution in [3.63, 3.8) is 0 Å². The Morgan fingerprint density at radius 3 is 2.30 bits per heavy atom. The summed E-state index contributed by atoms with van der Waals surface area (Å²) in [5, 5.41) is 2.28. The molecule has 0 aromatic heterocycles. The minimum atomic E-state index is -0.138. The van der Waals surface area contributed by atoms with E-state index in [0.717, 1.165) is 10.6 Å². The number of hydrogen-bond donors (Lipinski definition) is 0. The van der Waals surface area contributed by atoms with Gasteiger partial charge in [-0.3, -0.25) is 4.79 Å². The Balaban J connectivity index is 1.74. The molecule has 1 amide bonds. The van der Waals surface area contributed by atoms with Crippen LogP contribution in [0.15, 0.2) is 77.7 Å². The van der Waals surface area contributed by atoms with Gasteiger partial charge in [-0.05, 0) is 42.0 Å². The lowest BCUT2D eigenvalue weighted by Crippen LogP contribution is -2.33. The van der Waals surface area contributed by atoms with Crippen molar-refractivity contribution < 1.29 is 4.79 Å². The summed E-state index contributed by atoms with van der Waals surface area (Å²) in [6.45, 7) is 1.96. The maximum atomic E-state index is 12.6. The molecule has 0 radical (unpaired) electrons. The second kappa shape index (κ2) is 6.88. The van der Waals surface area contributed by atoms with Gasteiger partial charge in [-0.2, -0.15) is 0 Å². The van der Waals surface area contributed by atoms with Crippen LogP contribution in [0.4, 0.5) is 5.69 Å².